The molecule has 138 valence electrons. The smallest absolute Gasteiger partial charge is 0.130 e. The summed E-state index contributed by atoms with van der Waals surface area (Å²) in [5.41, 5.74) is 3.15. The van der Waals surface area contributed by atoms with Gasteiger partial charge in [0.15, 0.2) is 0 Å². The van der Waals surface area contributed by atoms with Crippen molar-refractivity contribution in [3.05, 3.63) is 65.6 Å². The molecule has 3 rings (SSSR count). The van der Waals surface area contributed by atoms with Crippen LogP contribution in [0, 0.1) is 5.41 Å². The van der Waals surface area contributed by atoms with Crippen LogP contribution >= 0.6 is 11.6 Å². The van der Waals surface area contributed by atoms with Gasteiger partial charge < -0.3 is 20.2 Å². The first-order chi connectivity index (χ1) is 13.1. The first-order valence-electron chi connectivity index (χ1n) is 8.25. The molecule has 7 heteroatoms. The normalized spacial score (nSPS) is 11.3. The number of halogens is 1. The second kappa shape index (κ2) is 8.51. The van der Waals surface area contributed by atoms with Crippen LogP contribution < -0.4 is 14.8 Å². The van der Waals surface area contributed by atoms with E-state index in [1.807, 2.05) is 24.3 Å². The van der Waals surface area contributed by atoms with Crippen molar-refractivity contribution >= 4 is 33.9 Å². The molecule has 3 aromatic rings. The number of nitrogens with one attached hydrogen (secondary N) is 2. The second-order valence-electron chi connectivity index (χ2n) is 5.69. The predicted octanol–water partition coefficient (Wildman–Crippen LogP) is 3.95. The minimum Gasteiger partial charge on any atom is -0.497 e. The summed E-state index contributed by atoms with van der Waals surface area (Å²) < 4.78 is 10.8. The zero-order chi connectivity index (χ0) is 19.2. The molecular weight excluding hydrogens is 364 g/mol. The monoisotopic (exact) mass is 382 g/mol. The number of fused-ring (bicyclic) bond motifs is 1. The maximum absolute atomic E-state index is 8.43. The molecule has 0 aliphatic heterocycles. The molecule has 0 amide bonds. The first kappa shape index (κ1) is 18.7. The Balaban J connectivity index is 1.79. The molecule has 1 aromatic carbocycles. The van der Waals surface area contributed by atoms with Crippen LogP contribution in [0.15, 0.2) is 54.9 Å². The van der Waals surface area contributed by atoms with Gasteiger partial charge in [-0.1, -0.05) is 11.6 Å². The topological polar surface area (TPSA) is 80.1 Å². The Bertz CT molecular complexity index is 987. The van der Waals surface area contributed by atoms with Crippen molar-refractivity contribution < 1.29 is 9.47 Å². The average Bonchev–Trinajstić information content (AvgIpc) is 2.70. The van der Waals surface area contributed by atoms with Crippen LogP contribution in [-0.2, 0) is 0 Å². The third kappa shape index (κ3) is 4.54. The molecule has 2 heterocycles. The Morgan fingerprint density at radius 2 is 1.89 bits per heavy atom. The van der Waals surface area contributed by atoms with E-state index in [-0.39, 0.29) is 6.61 Å². The molecule has 0 radical (unpaired) electrons. The number of aromatic nitrogens is 2. The van der Waals surface area contributed by atoms with E-state index >= 15 is 0 Å². The summed E-state index contributed by atoms with van der Waals surface area (Å²) in [5, 5.41) is 11.8. The highest BCUT2D eigenvalue weighted by Gasteiger charge is 2.11. The zero-order valence-corrected chi connectivity index (χ0v) is 15.7. The highest BCUT2D eigenvalue weighted by molar-refractivity contribution is 6.29. The van der Waals surface area contributed by atoms with Crippen molar-refractivity contribution in [2.75, 3.05) is 20.8 Å². The lowest BCUT2D eigenvalue weighted by Gasteiger charge is -2.12. The van der Waals surface area contributed by atoms with Crippen LogP contribution in [0.3, 0.4) is 0 Å². The molecule has 0 fully saturated rings. The van der Waals surface area contributed by atoms with Crippen LogP contribution in [-0.4, -0.2) is 36.4 Å². The quantitative estimate of drug-likeness (QED) is 0.477. The van der Waals surface area contributed by atoms with E-state index in [0.29, 0.717) is 27.7 Å². The number of nitrogens with zero attached hydrogens (tertiary/aromatic N) is 2. The fourth-order valence-corrected chi connectivity index (χ4v) is 2.68. The maximum Gasteiger partial charge on any atom is 0.130 e. The van der Waals surface area contributed by atoms with Crippen molar-refractivity contribution in [1.29, 1.82) is 5.41 Å². The second-order valence-corrected chi connectivity index (χ2v) is 6.07. The summed E-state index contributed by atoms with van der Waals surface area (Å²) in [6, 6.07) is 12.6. The lowest BCUT2D eigenvalue weighted by atomic mass is 10.0. The molecule has 2 aromatic heterocycles. The third-order valence-corrected chi connectivity index (χ3v) is 4.08. The van der Waals surface area contributed by atoms with Gasteiger partial charge in [-0.2, -0.15) is 0 Å². The highest BCUT2D eigenvalue weighted by atomic mass is 35.5. The van der Waals surface area contributed by atoms with Crippen LogP contribution in [0.4, 0.5) is 0 Å². The summed E-state index contributed by atoms with van der Waals surface area (Å²) in [4.78, 5) is 8.69. The largest absolute Gasteiger partial charge is 0.497 e. The molecule has 0 saturated heterocycles. The van der Waals surface area contributed by atoms with E-state index < -0.39 is 0 Å². The Labute approximate surface area is 162 Å². The van der Waals surface area contributed by atoms with Gasteiger partial charge in [0.1, 0.15) is 23.3 Å². The van der Waals surface area contributed by atoms with Crippen molar-refractivity contribution in [2.45, 2.75) is 0 Å². The molecule has 2 N–H and O–H groups in total. The summed E-state index contributed by atoms with van der Waals surface area (Å²) in [7, 11) is 3.39. The van der Waals surface area contributed by atoms with E-state index in [4.69, 9.17) is 26.5 Å². The SMILES string of the molecule is CN/C=C(\C(=N)COc1ccc(OC)cc1)c1cnc2ccc(Cl)nc2c1. The van der Waals surface area contributed by atoms with Gasteiger partial charge in [0, 0.05) is 30.6 Å². The van der Waals surface area contributed by atoms with E-state index in [9.17, 15) is 0 Å². The van der Waals surface area contributed by atoms with Gasteiger partial charge in [-0.15, -0.1) is 0 Å². The number of pyridine rings is 2. The molecule has 0 unspecified atom stereocenters. The molecule has 0 bridgehead atoms. The lowest BCUT2D eigenvalue weighted by Crippen LogP contribution is -2.14. The standard InChI is InChI=1S/C20H19ClN4O2/c1-23-11-16(13-9-19-18(24-10-13)7-8-20(21)25-19)17(22)12-27-15-5-3-14(26-2)4-6-15/h3-11,22-23H,12H2,1-2H3/b16-11-,22-17?. The molecule has 0 spiro atoms. The van der Waals surface area contributed by atoms with Crippen molar-refractivity contribution in [1.82, 2.24) is 15.3 Å². The minimum absolute atomic E-state index is 0.112. The van der Waals surface area contributed by atoms with Gasteiger partial charge in [-0.05, 0) is 42.5 Å². The van der Waals surface area contributed by atoms with Crippen LogP contribution in [0.5, 0.6) is 11.5 Å². The van der Waals surface area contributed by atoms with Gasteiger partial charge in [-0.3, -0.25) is 4.98 Å². The Hall–Kier alpha value is -3.12. The van der Waals surface area contributed by atoms with E-state index in [2.05, 4.69) is 15.3 Å². The van der Waals surface area contributed by atoms with Gasteiger partial charge in [0.25, 0.3) is 0 Å². The van der Waals surface area contributed by atoms with Crippen molar-refractivity contribution in [3.8, 4) is 11.5 Å². The Morgan fingerprint density at radius 3 is 2.59 bits per heavy atom. The Kier molecular flexibility index (Phi) is 5.88. The van der Waals surface area contributed by atoms with Gasteiger partial charge in [-0.25, -0.2) is 4.98 Å². The van der Waals surface area contributed by atoms with Crippen LogP contribution in [0.25, 0.3) is 16.6 Å². The number of hydrogen-bond acceptors (Lipinski definition) is 6. The molecule has 0 saturated carbocycles. The number of benzene rings is 1. The maximum atomic E-state index is 8.43. The molecule has 0 aliphatic carbocycles. The molecule has 0 aliphatic rings. The van der Waals surface area contributed by atoms with Gasteiger partial charge in [0.05, 0.1) is 23.9 Å². The van der Waals surface area contributed by atoms with E-state index in [0.717, 1.165) is 16.8 Å². The summed E-state index contributed by atoms with van der Waals surface area (Å²) >= 11 is 5.98. The number of hydrogen-bond donors (Lipinski definition) is 2. The third-order valence-electron chi connectivity index (χ3n) is 3.87. The molecule has 0 atom stereocenters. The van der Waals surface area contributed by atoms with Gasteiger partial charge >= 0.3 is 0 Å². The number of methoxy groups -OCH3 is 1. The number of ether oxygens (including phenoxy) is 2. The fourth-order valence-electron chi connectivity index (χ4n) is 2.52. The molecular formula is C20H19ClN4O2. The van der Waals surface area contributed by atoms with E-state index in [1.54, 1.807) is 44.8 Å². The predicted molar refractivity (Wildman–Crippen MR) is 108 cm³/mol. The van der Waals surface area contributed by atoms with Crippen LogP contribution in [0.2, 0.25) is 5.15 Å². The van der Waals surface area contributed by atoms with Crippen LogP contribution in [0.1, 0.15) is 5.56 Å². The summed E-state index contributed by atoms with van der Waals surface area (Å²) in [6.07, 6.45) is 3.45. The zero-order valence-electron chi connectivity index (χ0n) is 15.0. The molecule has 27 heavy (non-hydrogen) atoms. The average molecular weight is 383 g/mol. The minimum atomic E-state index is 0.112. The summed E-state index contributed by atoms with van der Waals surface area (Å²) in [6.45, 7) is 0.112. The first-order valence-corrected chi connectivity index (χ1v) is 8.63. The Morgan fingerprint density at radius 1 is 1.15 bits per heavy atom. The molecule has 6 nitrogen and oxygen atoms in total. The van der Waals surface area contributed by atoms with Gasteiger partial charge in [0.2, 0.25) is 0 Å². The van der Waals surface area contributed by atoms with Crippen molar-refractivity contribution in [2.24, 2.45) is 0 Å². The lowest BCUT2D eigenvalue weighted by molar-refractivity contribution is 0.374. The van der Waals surface area contributed by atoms with E-state index in [1.165, 1.54) is 0 Å². The summed E-state index contributed by atoms with van der Waals surface area (Å²) in [5.74, 6) is 1.41. The fraction of sp³-hybridized carbons (Fsp3) is 0.150. The number of rotatable bonds is 7. The van der Waals surface area contributed by atoms with Crippen molar-refractivity contribution in [3.63, 3.8) is 0 Å². The highest BCUT2D eigenvalue weighted by Crippen LogP contribution is 2.22.